The predicted octanol–water partition coefficient (Wildman–Crippen LogP) is 6.10. The number of carbonyl (C=O) groups excluding carboxylic acids is 8. The molecule has 2 aromatic carbocycles. The van der Waals surface area contributed by atoms with Crippen LogP contribution in [0.25, 0.3) is 0 Å². The van der Waals surface area contributed by atoms with Gasteiger partial charge in [0.2, 0.25) is 12.3 Å². The summed E-state index contributed by atoms with van der Waals surface area (Å²) in [6.07, 6.45) is -5.82. The van der Waals surface area contributed by atoms with Crippen LogP contribution >= 0.6 is 31.9 Å². The second kappa shape index (κ2) is 29.3. The molecule has 2 fully saturated rings. The normalized spacial score (nSPS) is 19.4. The summed E-state index contributed by atoms with van der Waals surface area (Å²) >= 11 is 6.79. The van der Waals surface area contributed by atoms with Crippen LogP contribution in [0.15, 0.2) is 48.6 Å². The largest absolute Gasteiger partial charge is 0.461 e. The van der Waals surface area contributed by atoms with Gasteiger partial charge in [0, 0.05) is 114 Å². The second-order valence-electron chi connectivity index (χ2n) is 23.6. The standard InChI is InChI=1S/C60H80Br2F4N8O12/c1-11-71-31-39(49(75)37-25-41(63)45(27-43(37)71)73-17-13-67-14-18-73)53(79)83-21-23-85-55(81)59(9,61)33-57(5,6)35(3)29-69-51(77)47(65)48(66)52(78)70-30-36(4)58(7,8)34-60(10,62)56(82)86-24-22-84-54(80)40-32-72(12-2)44-28-46(74-19-15-68-16-20-74)42(64)26-38(44)50(40)76/h25-28,39-40,47-48,67-68H,3-4,11-24,29-34H2,1-2,5-10H3,(H,69,77)(H,70,78). The Kier molecular flexibility index (Phi) is 23.5. The van der Waals surface area contributed by atoms with Gasteiger partial charge in [-0.3, -0.25) is 38.4 Å². The van der Waals surface area contributed by atoms with Crippen LogP contribution in [-0.2, 0) is 47.7 Å². The molecule has 6 unspecified atom stereocenters. The van der Waals surface area contributed by atoms with Crippen molar-refractivity contribution in [3.05, 3.63) is 71.3 Å². The van der Waals surface area contributed by atoms with E-state index >= 15 is 17.6 Å². The number of ketones is 2. The number of nitrogens with zero attached hydrogens (tertiary/aromatic N) is 4. The number of alkyl halides is 4. The highest BCUT2D eigenvalue weighted by atomic mass is 79.9. The zero-order valence-electron chi connectivity index (χ0n) is 50.1. The SMILES string of the molecule is C=C(CNC(=O)C(F)C(F)C(=O)NCC(=C)C(C)(C)CC(C)(Br)C(=O)OCCOC(=O)C1CN(CC)c2cc(N3CCNCC3)c(F)cc2C1=O)C(C)(C)CC(C)(Br)C(=O)OCCOC(=O)C1CN(CC)c2cc(N3CCNCC3)c(F)cc2C1=O. The Morgan fingerprint density at radius 3 is 1.23 bits per heavy atom. The second-order valence-corrected chi connectivity index (χ2v) is 27.1. The van der Waals surface area contributed by atoms with Crippen LogP contribution in [0, 0.1) is 34.3 Å². The van der Waals surface area contributed by atoms with E-state index in [1.165, 1.54) is 26.0 Å². The lowest BCUT2D eigenvalue weighted by Crippen LogP contribution is -2.47. The summed E-state index contributed by atoms with van der Waals surface area (Å²) in [6, 6.07) is 5.64. The summed E-state index contributed by atoms with van der Waals surface area (Å²) in [6.45, 7) is 25.3. The van der Waals surface area contributed by atoms with E-state index in [9.17, 15) is 38.4 Å². The zero-order chi connectivity index (χ0) is 63.6. The van der Waals surface area contributed by atoms with Crippen molar-refractivity contribution in [2.75, 3.05) is 138 Å². The lowest BCUT2D eigenvalue weighted by atomic mass is 9.77. The number of anilines is 4. The average Bonchev–Trinajstić information content (AvgIpc) is 0.913. The molecule has 4 aliphatic heterocycles. The summed E-state index contributed by atoms with van der Waals surface area (Å²) < 4.78 is 80.0. The van der Waals surface area contributed by atoms with Crippen molar-refractivity contribution in [3.63, 3.8) is 0 Å². The third-order valence-corrected chi connectivity index (χ3v) is 17.4. The molecule has 4 N–H and O–H groups in total. The quantitative estimate of drug-likeness (QED) is 0.0151. The summed E-state index contributed by atoms with van der Waals surface area (Å²) in [4.78, 5) is 113. The maximum atomic E-state index is 15.4. The monoisotopic (exact) mass is 1340 g/mol. The molecule has 6 rings (SSSR count). The molecule has 0 saturated carbocycles. The van der Waals surface area contributed by atoms with Gasteiger partial charge in [0.05, 0.1) is 11.4 Å². The number of amides is 2. The number of Topliss-reactive ketones (excluding diaryl/α,β-unsaturated/α-hetero) is 2. The van der Waals surface area contributed by atoms with Crippen molar-refractivity contribution in [3.8, 4) is 0 Å². The topological polar surface area (TPSA) is 235 Å². The fraction of sp³-hybridized carbons (Fsp3) is 0.600. The molecule has 0 aromatic heterocycles. The number of esters is 4. The number of piperazine rings is 2. The number of hydrogen-bond acceptors (Lipinski definition) is 18. The van der Waals surface area contributed by atoms with E-state index in [-0.39, 0.29) is 76.6 Å². The first kappa shape index (κ1) is 69.0. The molecule has 20 nitrogen and oxygen atoms in total. The maximum Gasteiger partial charge on any atom is 0.322 e. The van der Waals surface area contributed by atoms with Crippen LogP contribution in [0.1, 0.15) is 88.9 Å². The molecule has 0 aliphatic carbocycles. The van der Waals surface area contributed by atoms with E-state index in [0.29, 0.717) is 99.3 Å². The van der Waals surface area contributed by atoms with Crippen LogP contribution in [0.4, 0.5) is 40.3 Å². The first-order chi connectivity index (χ1) is 40.3. The number of nitrogens with one attached hydrogen (secondary N) is 4. The molecular formula is C60H80Br2F4N8O12. The van der Waals surface area contributed by atoms with Gasteiger partial charge in [-0.1, -0.05) is 83.9 Å². The predicted molar refractivity (Wildman–Crippen MR) is 324 cm³/mol. The van der Waals surface area contributed by atoms with Gasteiger partial charge in [-0.05, 0) is 75.6 Å². The van der Waals surface area contributed by atoms with Crippen molar-refractivity contribution in [2.24, 2.45) is 22.7 Å². The minimum Gasteiger partial charge on any atom is -0.461 e. The molecular weight excluding hydrogens is 1260 g/mol. The Bertz CT molecular complexity index is 2730. The van der Waals surface area contributed by atoms with Gasteiger partial charge < -0.3 is 59.8 Å². The number of rotatable bonds is 27. The van der Waals surface area contributed by atoms with Crippen molar-refractivity contribution >= 4 is 102 Å². The van der Waals surface area contributed by atoms with Gasteiger partial charge in [0.25, 0.3) is 11.8 Å². The summed E-state index contributed by atoms with van der Waals surface area (Å²) in [5.74, 6) is -10.8. The minimum atomic E-state index is -2.93. The molecule has 474 valence electrons. The number of carbonyl (C=O) groups is 8. The summed E-state index contributed by atoms with van der Waals surface area (Å²) in [5.41, 5.74) is 0.707. The fourth-order valence-electron chi connectivity index (χ4n) is 10.9. The number of hydrogen-bond donors (Lipinski definition) is 4. The molecule has 2 amide bonds. The lowest BCUT2D eigenvalue weighted by Gasteiger charge is -2.36. The first-order valence-corrected chi connectivity index (χ1v) is 30.4. The van der Waals surface area contributed by atoms with Gasteiger partial charge in [-0.25, -0.2) is 17.6 Å². The average molecular weight is 1340 g/mol. The smallest absolute Gasteiger partial charge is 0.322 e. The highest BCUT2D eigenvalue weighted by Crippen LogP contribution is 2.42. The van der Waals surface area contributed by atoms with E-state index in [4.69, 9.17) is 18.9 Å². The number of halogens is 6. The summed E-state index contributed by atoms with van der Waals surface area (Å²) in [7, 11) is 0. The van der Waals surface area contributed by atoms with E-state index < -0.39 is 103 Å². The van der Waals surface area contributed by atoms with Crippen molar-refractivity contribution in [1.82, 2.24) is 21.3 Å². The van der Waals surface area contributed by atoms with Gasteiger partial charge >= 0.3 is 23.9 Å². The molecule has 4 aliphatic rings. The molecule has 2 saturated heterocycles. The van der Waals surface area contributed by atoms with E-state index in [1.54, 1.807) is 39.8 Å². The molecule has 86 heavy (non-hydrogen) atoms. The Morgan fingerprint density at radius 2 is 0.907 bits per heavy atom. The highest BCUT2D eigenvalue weighted by Gasteiger charge is 2.44. The van der Waals surface area contributed by atoms with Gasteiger partial charge in [0.1, 0.15) is 58.5 Å². The number of benzene rings is 2. The maximum absolute atomic E-state index is 15.4. The van der Waals surface area contributed by atoms with E-state index in [2.05, 4.69) is 66.3 Å². The van der Waals surface area contributed by atoms with Crippen molar-refractivity contribution in [1.29, 1.82) is 0 Å². The van der Waals surface area contributed by atoms with Gasteiger partial charge in [-0.15, -0.1) is 0 Å². The van der Waals surface area contributed by atoms with Crippen molar-refractivity contribution < 1.29 is 74.9 Å². The van der Waals surface area contributed by atoms with Crippen LogP contribution in [0.2, 0.25) is 0 Å². The highest BCUT2D eigenvalue weighted by molar-refractivity contribution is 9.10. The molecule has 26 heteroatoms. The molecule has 0 spiro atoms. The first-order valence-electron chi connectivity index (χ1n) is 28.8. The van der Waals surface area contributed by atoms with E-state index in [0.717, 1.165) is 0 Å². The molecule has 4 heterocycles. The Labute approximate surface area is 516 Å². The molecule has 6 atom stereocenters. The van der Waals surface area contributed by atoms with Gasteiger partial charge in [0.15, 0.2) is 11.6 Å². The van der Waals surface area contributed by atoms with Crippen LogP contribution in [0.3, 0.4) is 0 Å². The summed E-state index contributed by atoms with van der Waals surface area (Å²) in [5, 5.41) is 11.0. The number of ether oxygens (including phenoxy) is 4. The third-order valence-electron chi connectivity index (χ3n) is 16.2. The Morgan fingerprint density at radius 1 is 0.581 bits per heavy atom. The van der Waals surface area contributed by atoms with Crippen molar-refractivity contribution in [2.45, 2.75) is 89.2 Å². The zero-order valence-corrected chi connectivity index (χ0v) is 53.3. The van der Waals surface area contributed by atoms with Crippen LogP contribution < -0.4 is 40.9 Å². The third kappa shape index (κ3) is 16.7. The molecule has 2 aromatic rings. The van der Waals surface area contributed by atoms with E-state index in [1.807, 2.05) is 33.4 Å². The molecule has 0 radical (unpaired) electrons. The molecule has 0 bridgehead atoms. The number of fused-ring (bicyclic) bond motifs is 2. The van der Waals surface area contributed by atoms with Crippen LogP contribution in [-0.4, -0.2) is 186 Å². The Hall–Kier alpha value is -6.12. The Balaban J connectivity index is 0.880. The van der Waals surface area contributed by atoms with Crippen LogP contribution in [0.5, 0.6) is 0 Å². The minimum absolute atomic E-state index is 0.0175. The van der Waals surface area contributed by atoms with Gasteiger partial charge in [-0.2, -0.15) is 0 Å². The lowest BCUT2D eigenvalue weighted by molar-refractivity contribution is -0.155. The fourth-order valence-corrected chi connectivity index (χ4v) is 12.5.